The molecule has 1 rings (SSSR count). The van der Waals surface area contributed by atoms with E-state index in [0.717, 1.165) is 32.2 Å². The molecule has 0 aromatic rings. The number of ether oxygens (including phenoxy) is 1. The van der Waals surface area contributed by atoms with E-state index in [1.807, 2.05) is 32.6 Å². The topological polar surface area (TPSA) is 63.7 Å². The number of hydrogen-bond acceptors (Lipinski definition) is 4. The molecule has 2 atom stereocenters. The molecular formula is C21H37NO4. The molecule has 5 heteroatoms. The molecule has 150 valence electrons. The first-order valence-corrected chi connectivity index (χ1v) is 10.0. The molecular weight excluding hydrogens is 330 g/mol. The number of amides is 1. The lowest BCUT2D eigenvalue weighted by molar-refractivity contribution is -0.156. The molecule has 0 aromatic carbocycles. The molecule has 26 heavy (non-hydrogen) atoms. The summed E-state index contributed by atoms with van der Waals surface area (Å²) in [4.78, 5) is 38.7. The monoisotopic (exact) mass is 367 g/mol. The number of likely N-dealkylation sites (tertiary alicyclic amines) is 1. The lowest BCUT2D eigenvalue weighted by Gasteiger charge is -2.36. The number of unbranched alkanes of at least 4 members (excludes halogenated alkanes) is 1. The fraction of sp³-hybridized carbons (Fsp3) is 0.857. The average molecular weight is 368 g/mol. The first-order valence-electron chi connectivity index (χ1n) is 10.0. The summed E-state index contributed by atoms with van der Waals surface area (Å²) >= 11 is 0. The number of hydrogen-bond donors (Lipinski definition) is 0. The van der Waals surface area contributed by atoms with Gasteiger partial charge in [0.15, 0.2) is 0 Å². The standard InChI is InChI=1S/C21H37NO4/c1-7-8-14-26-19(25)20(4,5)15-21(6,17(3)23)12-11-16(2)22-13-9-10-18(22)24/h16H,7-15H2,1-6H3. The fourth-order valence-corrected chi connectivity index (χ4v) is 3.76. The molecule has 1 heterocycles. The molecule has 1 aliphatic heterocycles. The van der Waals surface area contributed by atoms with Crippen LogP contribution in [0.1, 0.15) is 86.5 Å². The van der Waals surface area contributed by atoms with Crippen molar-refractivity contribution in [2.45, 2.75) is 92.5 Å². The van der Waals surface area contributed by atoms with Crippen LogP contribution in [0, 0.1) is 10.8 Å². The van der Waals surface area contributed by atoms with Crippen LogP contribution in [0.2, 0.25) is 0 Å². The fourth-order valence-electron chi connectivity index (χ4n) is 3.76. The van der Waals surface area contributed by atoms with Gasteiger partial charge >= 0.3 is 5.97 Å². The highest BCUT2D eigenvalue weighted by Gasteiger charge is 2.41. The lowest BCUT2D eigenvalue weighted by Crippen LogP contribution is -2.39. The van der Waals surface area contributed by atoms with Gasteiger partial charge in [-0.3, -0.25) is 14.4 Å². The minimum Gasteiger partial charge on any atom is -0.465 e. The third-order valence-corrected chi connectivity index (χ3v) is 5.72. The van der Waals surface area contributed by atoms with Crippen molar-refractivity contribution in [3.05, 3.63) is 0 Å². The van der Waals surface area contributed by atoms with E-state index in [0.29, 0.717) is 25.9 Å². The number of ketones is 1. The molecule has 0 radical (unpaired) electrons. The van der Waals surface area contributed by atoms with Crippen LogP contribution in [-0.2, 0) is 19.1 Å². The second-order valence-corrected chi connectivity index (χ2v) is 8.75. The SMILES string of the molecule is CCCCOC(=O)C(C)(C)CC(C)(CCC(C)N1CCCC1=O)C(C)=O. The Morgan fingerprint density at radius 2 is 1.92 bits per heavy atom. The Bertz CT molecular complexity index is 514. The third-order valence-electron chi connectivity index (χ3n) is 5.72. The van der Waals surface area contributed by atoms with Crippen LogP contribution in [0.25, 0.3) is 0 Å². The number of nitrogens with zero attached hydrogens (tertiary/aromatic N) is 1. The normalized spacial score (nSPS) is 18.5. The van der Waals surface area contributed by atoms with Crippen LogP contribution in [0.5, 0.6) is 0 Å². The van der Waals surface area contributed by atoms with E-state index in [4.69, 9.17) is 4.74 Å². The molecule has 0 bridgehead atoms. The Hall–Kier alpha value is -1.39. The number of carbonyl (C=O) groups excluding carboxylic acids is 3. The molecule has 0 aliphatic carbocycles. The average Bonchev–Trinajstić information content (AvgIpc) is 2.98. The van der Waals surface area contributed by atoms with E-state index in [2.05, 4.69) is 6.92 Å². The van der Waals surface area contributed by atoms with Crippen molar-refractivity contribution in [2.75, 3.05) is 13.2 Å². The second-order valence-electron chi connectivity index (χ2n) is 8.75. The Kier molecular flexibility index (Phi) is 8.29. The van der Waals surface area contributed by atoms with E-state index >= 15 is 0 Å². The van der Waals surface area contributed by atoms with Crippen molar-refractivity contribution in [1.29, 1.82) is 0 Å². The predicted octanol–water partition coefficient (Wildman–Crippen LogP) is 4.13. The molecule has 0 saturated carbocycles. The van der Waals surface area contributed by atoms with Gasteiger partial charge in [0.25, 0.3) is 0 Å². The van der Waals surface area contributed by atoms with Gasteiger partial charge in [-0.15, -0.1) is 0 Å². The second kappa shape index (κ2) is 9.52. The minimum absolute atomic E-state index is 0.0897. The minimum atomic E-state index is -0.707. The maximum atomic E-state index is 12.4. The number of esters is 1. The van der Waals surface area contributed by atoms with Crippen molar-refractivity contribution < 1.29 is 19.1 Å². The van der Waals surface area contributed by atoms with Gasteiger partial charge in [-0.05, 0) is 59.8 Å². The maximum Gasteiger partial charge on any atom is 0.311 e. The molecule has 0 N–H and O–H groups in total. The predicted molar refractivity (Wildman–Crippen MR) is 103 cm³/mol. The highest BCUT2D eigenvalue weighted by molar-refractivity contribution is 5.84. The van der Waals surface area contributed by atoms with Gasteiger partial charge in [-0.2, -0.15) is 0 Å². The van der Waals surface area contributed by atoms with Crippen molar-refractivity contribution in [3.8, 4) is 0 Å². The summed E-state index contributed by atoms with van der Waals surface area (Å²) in [5.41, 5.74) is -1.30. The van der Waals surface area contributed by atoms with Gasteiger partial charge in [0.05, 0.1) is 12.0 Å². The Balaban J connectivity index is 2.71. The molecule has 5 nitrogen and oxygen atoms in total. The summed E-state index contributed by atoms with van der Waals surface area (Å²) < 4.78 is 5.39. The van der Waals surface area contributed by atoms with E-state index in [1.165, 1.54) is 0 Å². The summed E-state index contributed by atoms with van der Waals surface area (Å²) in [6, 6.07) is 0.128. The van der Waals surface area contributed by atoms with Crippen LogP contribution < -0.4 is 0 Å². The van der Waals surface area contributed by atoms with Gasteiger partial charge in [0.2, 0.25) is 5.91 Å². The summed E-state index contributed by atoms with van der Waals surface area (Å²) in [7, 11) is 0. The molecule has 1 amide bonds. The smallest absolute Gasteiger partial charge is 0.311 e. The van der Waals surface area contributed by atoms with Crippen LogP contribution in [0.4, 0.5) is 0 Å². The first-order chi connectivity index (χ1) is 12.0. The Labute approximate surface area is 158 Å². The molecule has 0 spiro atoms. The summed E-state index contributed by atoms with van der Waals surface area (Å²) in [6.07, 6.45) is 5.27. The summed E-state index contributed by atoms with van der Waals surface area (Å²) in [6.45, 7) is 12.6. The highest BCUT2D eigenvalue weighted by Crippen LogP contribution is 2.40. The van der Waals surface area contributed by atoms with E-state index < -0.39 is 10.8 Å². The first kappa shape index (κ1) is 22.7. The largest absolute Gasteiger partial charge is 0.465 e. The zero-order valence-electron chi connectivity index (χ0n) is 17.5. The van der Waals surface area contributed by atoms with Gasteiger partial charge < -0.3 is 9.64 Å². The maximum absolute atomic E-state index is 12.4. The van der Waals surface area contributed by atoms with Gasteiger partial charge in [0.1, 0.15) is 5.78 Å². The Morgan fingerprint density at radius 1 is 1.27 bits per heavy atom. The Morgan fingerprint density at radius 3 is 2.42 bits per heavy atom. The van der Waals surface area contributed by atoms with Gasteiger partial charge in [-0.25, -0.2) is 0 Å². The highest BCUT2D eigenvalue weighted by atomic mass is 16.5. The summed E-state index contributed by atoms with van der Waals surface area (Å²) in [5.74, 6) is 0.0648. The van der Waals surface area contributed by atoms with Crippen molar-refractivity contribution in [3.63, 3.8) is 0 Å². The quantitative estimate of drug-likeness (QED) is 0.407. The van der Waals surface area contributed by atoms with Crippen LogP contribution in [-0.4, -0.2) is 41.8 Å². The molecule has 1 aliphatic rings. The molecule has 0 aromatic heterocycles. The van der Waals surface area contributed by atoms with Crippen LogP contribution in [0.3, 0.4) is 0 Å². The van der Waals surface area contributed by atoms with Gasteiger partial charge in [0, 0.05) is 24.4 Å². The van der Waals surface area contributed by atoms with Crippen LogP contribution in [0.15, 0.2) is 0 Å². The van der Waals surface area contributed by atoms with E-state index in [-0.39, 0.29) is 23.7 Å². The summed E-state index contributed by atoms with van der Waals surface area (Å²) in [5, 5.41) is 0. The number of rotatable bonds is 11. The van der Waals surface area contributed by atoms with E-state index in [1.54, 1.807) is 6.92 Å². The number of Topliss-reactive ketones (excluding diaryl/α,β-unsaturated/α-hetero) is 1. The van der Waals surface area contributed by atoms with Gasteiger partial charge in [-0.1, -0.05) is 20.3 Å². The molecule has 2 unspecified atom stereocenters. The van der Waals surface area contributed by atoms with Crippen molar-refractivity contribution in [2.24, 2.45) is 10.8 Å². The van der Waals surface area contributed by atoms with Crippen molar-refractivity contribution in [1.82, 2.24) is 4.90 Å². The van der Waals surface area contributed by atoms with Crippen LogP contribution >= 0.6 is 0 Å². The van der Waals surface area contributed by atoms with Crippen molar-refractivity contribution >= 4 is 17.7 Å². The van der Waals surface area contributed by atoms with E-state index in [9.17, 15) is 14.4 Å². The third kappa shape index (κ3) is 6.10. The lowest BCUT2D eigenvalue weighted by atomic mass is 9.69. The zero-order chi connectivity index (χ0) is 20.0. The number of carbonyl (C=O) groups is 3. The zero-order valence-corrected chi connectivity index (χ0v) is 17.5. The molecule has 1 fully saturated rings. The molecule has 1 saturated heterocycles.